The zero-order chi connectivity index (χ0) is 12.6. The van der Waals surface area contributed by atoms with Gasteiger partial charge in [0.15, 0.2) is 0 Å². The summed E-state index contributed by atoms with van der Waals surface area (Å²) in [5, 5.41) is 9.75. The van der Waals surface area contributed by atoms with Crippen LogP contribution in [0, 0.1) is 0 Å². The van der Waals surface area contributed by atoms with Crippen molar-refractivity contribution in [2.24, 2.45) is 0 Å². The number of hydrogen-bond acceptors (Lipinski definition) is 1. The van der Waals surface area contributed by atoms with Crippen LogP contribution < -0.4 is 0 Å². The van der Waals surface area contributed by atoms with E-state index in [1.807, 2.05) is 72.8 Å². The molecule has 0 heterocycles. The molecular weight excluding hydrogens is 220 g/mol. The van der Waals surface area contributed by atoms with Gasteiger partial charge in [-0.25, -0.2) is 0 Å². The van der Waals surface area contributed by atoms with Crippen LogP contribution in [0.2, 0.25) is 0 Å². The van der Waals surface area contributed by atoms with Crippen LogP contribution in [0.25, 0.3) is 6.08 Å². The molecule has 0 aliphatic heterocycles. The van der Waals surface area contributed by atoms with E-state index in [4.69, 9.17) is 0 Å². The zero-order valence-electron chi connectivity index (χ0n) is 10.2. The highest BCUT2D eigenvalue weighted by Gasteiger charge is 1.90. The van der Waals surface area contributed by atoms with Gasteiger partial charge in [0.25, 0.3) is 0 Å². The van der Waals surface area contributed by atoms with Crippen LogP contribution in [-0.2, 0) is 6.42 Å². The molecule has 0 radical (unpaired) electrons. The second-order valence-corrected chi connectivity index (χ2v) is 4.06. The maximum atomic E-state index is 9.75. The van der Waals surface area contributed by atoms with E-state index in [1.165, 1.54) is 5.56 Å². The second kappa shape index (κ2) is 6.45. The number of aliphatic hydroxyl groups excluding tert-OH is 1. The molecule has 0 fully saturated rings. The highest BCUT2D eigenvalue weighted by molar-refractivity contribution is 5.51. The first-order valence-electron chi connectivity index (χ1n) is 6.01. The lowest BCUT2D eigenvalue weighted by Gasteiger charge is -1.96. The summed E-state index contributed by atoms with van der Waals surface area (Å²) in [6.45, 7) is 0. The average Bonchev–Trinajstić information content (AvgIpc) is 2.45. The fourth-order valence-corrected chi connectivity index (χ4v) is 1.65. The molecule has 0 aliphatic rings. The van der Waals surface area contributed by atoms with Gasteiger partial charge in [-0.1, -0.05) is 66.7 Å². The molecule has 2 aromatic rings. The lowest BCUT2D eigenvalue weighted by Crippen LogP contribution is -1.82. The fourth-order valence-electron chi connectivity index (χ4n) is 1.65. The first-order chi connectivity index (χ1) is 8.84. The normalized spacial score (nSPS) is 11.9. The van der Waals surface area contributed by atoms with Crippen molar-refractivity contribution < 1.29 is 5.11 Å². The lowest BCUT2D eigenvalue weighted by atomic mass is 10.1. The molecule has 0 saturated carbocycles. The predicted octanol–water partition coefficient (Wildman–Crippen LogP) is 4.38. The van der Waals surface area contributed by atoms with E-state index in [-0.39, 0.29) is 0 Å². The molecule has 0 amide bonds. The van der Waals surface area contributed by atoms with Crippen molar-refractivity contribution in [3.05, 3.63) is 89.7 Å². The van der Waals surface area contributed by atoms with Crippen LogP contribution >= 0.6 is 0 Å². The van der Waals surface area contributed by atoms with E-state index in [2.05, 4.69) is 0 Å². The van der Waals surface area contributed by atoms with Crippen LogP contribution in [0.5, 0.6) is 0 Å². The Hall–Kier alpha value is -2.28. The van der Waals surface area contributed by atoms with E-state index in [1.54, 1.807) is 6.08 Å². The van der Waals surface area contributed by atoms with Gasteiger partial charge in [0, 0.05) is 0 Å². The molecule has 1 N–H and O–H groups in total. The van der Waals surface area contributed by atoms with Gasteiger partial charge in [0.1, 0.15) is 5.76 Å². The smallest absolute Gasteiger partial charge is 0.111 e. The van der Waals surface area contributed by atoms with Gasteiger partial charge in [-0.3, -0.25) is 0 Å². The number of allylic oxidation sites excluding steroid dienone is 2. The lowest BCUT2D eigenvalue weighted by molar-refractivity contribution is 0.431. The minimum Gasteiger partial charge on any atom is -0.508 e. The van der Waals surface area contributed by atoms with Crippen molar-refractivity contribution in [3.8, 4) is 0 Å². The first kappa shape index (κ1) is 12.2. The molecule has 0 saturated heterocycles. The topological polar surface area (TPSA) is 20.2 Å². The summed E-state index contributed by atoms with van der Waals surface area (Å²) >= 11 is 0. The van der Waals surface area contributed by atoms with Gasteiger partial charge in [0.2, 0.25) is 0 Å². The zero-order valence-corrected chi connectivity index (χ0v) is 10.2. The molecule has 18 heavy (non-hydrogen) atoms. The van der Waals surface area contributed by atoms with Gasteiger partial charge >= 0.3 is 0 Å². The summed E-state index contributed by atoms with van der Waals surface area (Å²) in [5.41, 5.74) is 2.27. The molecule has 1 nitrogen and oxygen atoms in total. The molecule has 90 valence electrons. The monoisotopic (exact) mass is 236 g/mol. The Labute approximate surface area is 108 Å². The third kappa shape index (κ3) is 3.95. The standard InChI is InChI=1S/C17H16O/c18-17(13-11-15-7-3-1-4-8-15)14-12-16-9-5-2-6-10-16/h1-11,13-14,18H,12H2/b13-11+,17-14-. The van der Waals surface area contributed by atoms with Gasteiger partial charge < -0.3 is 5.11 Å². The van der Waals surface area contributed by atoms with Crippen molar-refractivity contribution in [2.75, 3.05) is 0 Å². The summed E-state index contributed by atoms with van der Waals surface area (Å²) in [4.78, 5) is 0. The summed E-state index contributed by atoms with van der Waals surface area (Å²) in [5.74, 6) is 0.294. The van der Waals surface area contributed by atoms with Crippen LogP contribution in [0.3, 0.4) is 0 Å². The van der Waals surface area contributed by atoms with Crippen LogP contribution in [0.15, 0.2) is 78.6 Å². The van der Waals surface area contributed by atoms with Crippen molar-refractivity contribution in [1.29, 1.82) is 0 Å². The molecule has 0 atom stereocenters. The summed E-state index contributed by atoms with van der Waals surface area (Å²) < 4.78 is 0. The largest absolute Gasteiger partial charge is 0.508 e. The van der Waals surface area contributed by atoms with E-state index >= 15 is 0 Å². The molecule has 0 bridgehead atoms. The summed E-state index contributed by atoms with van der Waals surface area (Å²) in [6, 6.07) is 20.0. The molecule has 1 heteroatoms. The van der Waals surface area contributed by atoms with E-state index in [0.29, 0.717) is 5.76 Å². The van der Waals surface area contributed by atoms with Crippen molar-refractivity contribution >= 4 is 6.08 Å². The predicted molar refractivity (Wildman–Crippen MR) is 76.3 cm³/mol. The highest BCUT2D eigenvalue weighted by Crippen LogP contribution is 2.06. The number of benzene rings is 2. The van der Waals surface area contributed by atoms with Gasteiger partial charge in [0.05, 0.1) is 0 Å². The molecule has 0 aliphatic carbocycles. The van der Waals surface area contributed by atoms with E-state index < -0.39 is 0 Å². The Balaban J connectivity index is 1.96. The Morgan fingerprint density at radius 1 is 0.889 bits per heavy atom. The first-order valence-corrected chi connectivity index (χ1v) is 6.01. The molecule has 2 rings (SSSR count). The Kier molecular flexibility index (Phi) is 4.37. The Morgan fingerprint density at radius 2 is 1.50 bits per heavy atom. The molecule has 0 spiro atoms. The van der Waals surface area contributed by atoms with Gasteiger partial charge in [-0.15, -0.1) is 0 Å². The molecule has 0 unspecified atom stereocenters. The maximum absolute atomic E-state index is 9.75. The van der Waals surface area contributed by atoms with Crippen LogP contribution in [0.1, 0.15) is 11.1 Å². The van der Waals surface area contributed by atoms with Crippen LogP contribution in [0.4, 0.5) is 0 Å². The Bertz CT molecular complexity index is 524. The highest BCUT2D eigenvalue weighted by atomic mass is 16.3. The quantitative estimate of drug-likeness (QED) is 0.616. The average molecular weight is 236 g/mol. The van der Waals surface area contributed by atoms with Crippen LogP contribution in [-0.4, -0.2) is 5.11 Å². The van der Waals surface area contributed by atoms with Crippen molar-refractivity contribution in [3.63, 3.8) is 0 Å². The molecular formula is C17H16O. The SMILES string of the molecule is OC(=C\Cc1ccccc1)/C=C/c1ccccc1. The third-order valence-electron chi connectivity index (χ3n) is 2.64. The summed E-state index contributed by atoms with van der Waals surface area (Å²) in [7, 11) is 0. The fraction of sp³-hybridized carbons (Fsp3) is 0.0588. The van der Waals surface area contributed by atoms with Crippen molar-refractivity contribution in [2.45, 2.75) is 6.42 Å². The van der Waals surface area contributed by atoms with E-state index in [9.17, 15) is 5.11 Å². The number of hydrogen-bond donors (Lipinski definition) is 1. The maximum Gasteiger partial charge on any atom is 0.111 e. The van der Waals surface area contributed by atoms with Crippen molar-refractivity contribution in [1.82, 2.24) is 0 Å². The van der Waals surface area contributed by atoms with E-state index in [0.717, 1.165) is 12.0 Å². The molecule has 2 aromatic carbocycles. The van der Waals surface area contributed by atoms with Gasteiger partial charge in [-0.2, -0.15) is 0 Å². The summed E-state index contributed by atoms with van der Waals surface area (Å²) in [6.07, 6.45) is 6.18. The second-order valence-electron chi connectivity index (χ2n) is 4.06. The Morgan fingerprint density at radius 3 is 2.17 bits per heavy atom. The molecule has 0 aromatic heterocycles. The minimum atomic E-state index is 0.294. The minimum absolute atomic E-state index is 0.294. The number of rotatable bonds is 4. The third-order valence-corrected chi connectivity index (χ3v) is 2.64. The van der Waals surface area contributed by atoms with Gasteiger partial charge in [-0.05, 0) is 29.7 Å². The number of aliphatic hydroxyl groups is 1.